The first-order valence-corrected chi connectivity index (χ1v) is 6.32. The van der Waals surface area contributed by atoms with Crippen molar-refractivity contribution in [2.75, 3.05) is 0 Å². The molecule has 83 valence electrons. The molecule has 1 aromatic carbocycles. The summed E-state index contributed by atoms with van der Waals surface area (Å²) in [6.07, 6.45) is 3.65. The van der Waals surface area contributed by atoms with E-state index < -0.39 is 0 Å². The summed E-state index contributed by atoms with van der Waals surface area (Å²) in [4.78, 5) is 0. The third-order valence-corrected chi connectivity index (χ3v) is 2.88. The van der Waals surface area contributed by atoms with Crippen LogP contribution in [0.3, 0.4) is 0 Å². The van der Waals surface area contributed by atoms with E-state index in [4.69, 9.17) is 0 Å². The number of hydrogen-bond acceptors (Lipinski definition) is 1. The lowest BCUT2D eigenvalue weighted by Crippen LogP contribution is -2.25. The second-order valence-corrected chi connectivity index (χ2v) is 4.77. The Morgan fingerprint density at radius 1 is 1.47 bits per heavy atom. The molecule has 1 aromatic rings. The highest BCUT2D eigenvalue weighted by Crippen LogP contribution is 2.11. The zero-order valence-corrected chi connectivity index (χ0v) is 10.9. The number of halogens is 1. The summed E-state index contributed by atoms with van der Waals surface area (Å²) in [6, 6.07) is 8.74. The lowest BCUT2D eigenvalue weighted by atomic mass is 10.1. The van der Waals surface area contributed by atoms with Crippen LogP contribution in [0.1, 0.15) is 31.7 Å². The van der Waals surface area contributed by atoms with Gasteiger partial charge < -0.3 is 5.32 Å². The van der Waals surface area contributed by atoms with E-state index in [2.05, 4.69) is 53.3 Å². The minimum Gasteiger partial charge on any atom is -0.310 e. The van der Waals surface area contributed by atoms with Gasteiger partial charge in [-0.25, -0.2) is 0 Å². The van der Waals surface area contributed by atoms with Gasteiger partial charge >= 0.3 is 0 Å². The second-order valence-electron chi connectivity index (χ2n) is 3.85. The fraction of sp³-hybridized carbons (Fsp3) is 0.462. The van der Waals surface area contributed by atoms with Gasteiger partial charge in [0, 0.05) is 17.1 Å². The fourth-order valence-electron chi connectivity index (χ4n) is 1.46. The molecule has 1 rings (SSSR count). The molecule has 0 aromatic heterocycles. The van der Waals surface area contributed by atoms with Crippen molar-refractivity contribution in [2.45, 2.75) is 38.8 Å². The van der Waals surface area contributed by atoms with Crippen molar-refractivity contribution in [3.05, 3.63) is 41.2 Å². The van der Waals surface area contributed by atoms with Gasteiger partial charge in [-0.1, -0.05) is 47.8 Å². The van der Waals surface area contributed by atoms with Gasteiger partial charge in [0.15, 0.2) is 0 Å². The van der Waals surface area contributed by atoms with Crippen LogP contribution in [0.15, 0.2) is 28.7 Å². The van der Waals surface area contributed by atoms with Crippen molar-refractivity contribution < 1.29 is 0 Å². The van der Waals surface area contributed by atoms with Crippen LogP contribution in [0.5, 0.6) is 0 Å². The predicted octanol–water partition coefficient (Wildman–Crippen LogP) is 3.93. The van der Waals surface area contributed by atoms with Gasteiger partial charge in [0.05, 0.1) is 0 Å². The van der Waals surface area contributed by atoms with Gasteiger partial charge in [0.1, 0.15) is 0 Å². The second kappa shape index (κ2) is 7.02. The standard InChI is InChI=1S/C13H19BrN/c1-3-4-6-11(2)15-10-12-7-5-8-13(14)9-12/h5,7-9,11,15H,2-4,6,10H2,1H3. The molecule has 0 saturated carbocycles. The Morgan fingerprint density at radius 2 is 2.27 bits per heavy atom. The van der Waals surface area contributed by atoms with Gasteiger partial charge in [-0.3, -0.25) is 0 Å². The lowest BCUT2D eigenvalue weighted by molar-refractivity contribution is 0.530. The molecule has 0 saturated heterocycles. The zero-order chi connectivity index (χ0) is 11.1. The minimum absolute atomic E-state index is 0.365. The summed E-state index contributed by atoms with van der Waals surface area (Å²) in [5.74, 6) is 0. The summed E-state index contributed by atoms with van der Waals surface area (Å²) in [5, 5.41) is 3.43. The van der Waals surface area contributed by atoms with Crippen molar-refractivity contribution in [1.29, 1.82) is 0 Å². The van der Waals surface area contributed by atoms with Crippen LogP contribution in [0.25, 0.3) is 0 Å². The average Bonchev–Trinajstić information content (AvgIpc) is 2.23. The maximum Gasteiger partial charge on any atom is 0.0208 e. The minimum atomic E-state index is 0.365. The molecular formula is C13H19BrN. The lowest BCUT2D eigenvalue weighted by Gasteiger charge is -2.13. The van der Waals surface area contributed by atoms with Gasteiger partial charge in [-0.15, -0.1) is 0 Å². The maximum absolute atomic E-state index is 4.09. The Balaban J connectivity index is 2.30. The Hall–Kier alpha value is -0.340. The van der Waals surface area contributed by atoms with Crippen LogP contribution < -0.4 is 5.32 Å². The number of hydrogen-bond donors (Lipinski definition) is 1. The number of benzene rings is 1. The summed E-state index contributed by atoms with van der Waals surface area (Å²) < 4.78 is 1.14. The zero-order valence-electron chi connectivity index (χ0n) is 9.30. The number of unbranched alkanes of at least 4 members (excludes halogenated alkanes) is 1. The van der Waals surface area contributed by atoms with E-state index in [0.29, 0.717) is 6.04 Å². The largest absolute Gasteiger partial charge is 0.310 e. The quantitative estimate of drug-likeness (QED) is 0.825. The van der Waals surface area contributed by atoms with Gasteiger partial charge in [-0.2, -0.15) is 0 Å². The summed E-state index contributed by atoms with van der Waals surface area (Å²) in [6.45, 7) is 7.20. The van der Waals surface area contributed by atoms with Crippen molar-refractivity contribution in [1.82, 2.24) is 5.32 Å². The molecule has 1 radical (unpaired) electrons. The van der Waals surface area contributed by atoms with Crippen molar-refractivity contribution >= 4 is 15.9 Å². The molecule has 0 aliphatic rings. The first-order valence-electron chi connectivity index (χ1n) is 5.53. The van der Waals surface area contributed by atoms with E-state index in [1.807, 2.05) is 6.07 Å². The first-order chi connectivity index (χ1) is 7.22. The third kappa shape index (κ3) is 5.33. The van der Waals surface area contributed by atoms with E-state index in [1.165, 1.54) is 18.4 Å². The molecule has 1 N–H and O–H groups in total. The summed E-state index contributed by atoms with van der Waals surface area (Å²) >= 11 is 3.47. The van der Waals surface area contributed by atoms with Crippen LogP contribution in [0.4, 0.5) is 0 Å². The topological polar surface area (TPSA) is 12.0 Å². The third-order valence-electron chi connectivity index (χ3n) is 2.39. The Bertz CT molecular complexity index is 286. The number of rotatable bonds is 6. The normalized spacial score (nSPS) is 12.7. The molecule has 0 fully saturated rings. The molecule has 2 heteroatoms. The van der Waals surface area contributed by atoms with Gasteiger partial charge in [0.2, 0.25) is 0 Å². The molecule has 1 atom stereocenters. The van der Waals surface area contributed by atoms with Crippen LogP contribution in [0.2, 0.25) is 0 Å². The first kappa shape index (κ1) is 12.7. The molecular weight excluding hydrogens is 250 g/mol. The molecule has 0 bridgehead atoms. The molecule has 1 unspecified atom stereocenters. The molecule has 0 heterocycles. The SMILES string of the molecule is [CH2]C(CCCC)NCc1cccc(Br)c1. The summed E-state index contributed by atoms with van der Waals surface area (Å²) in [7, 11) is 0. The summed E-state index contributed by atoms with van der Waals surface area (Å²) in [5.41, 5.74) is 1.30. The highest BCUT2D eigenvalue weighted by Gasteiger charge is 2.00. The van der Waals surface area contributed by atoms with E-state index in [-0.39, 0.29) is 0 Å². The molecule has 1 nitrogen and oxygen atoms in total. The smallest absolute Gasteiger partial charge is 0.0208 e. The molecule has 15 heavy (non-hydrogen) atoms. The molecule has 0 aliphatic carbocycles. The van der Waals surface area contributed by atoms with E-state index in [0.717, 1.165) is 17.4 Å². The van der Waals surface area contributed by atoms with Crippen molar-refractivity contribution in [2.24, 2.45) is 0 Å². The van der Waals surface area contributed by atoms with E-state index in [9.17, 15) is 0 Å². The van der Waals surface area contributed by atoms with Crippen LogP contribution >= 0.6 is 15.9 Å². The molecule has 0 aliphatic heterocycles. The predicted molar refractivity (Wildman–Crippen MR) is 69.7 cm³/mol. The Labute approximate surface area is 101 Å². The highest BCUT2D eigenvalue weighted by molar-refractivity contribution is 9.10. The highest BCUT2D eigenvalue weighted by atomic mass is 79.9. The van der Waals surface area contributed by atoms with Crippen molar-refractivity contribution in [3.63, 3.8) is 0 Å². The molecule has 0 amide bonds. The molecule has 0 spiro atoms. The Morgan fingerprint density at radius 3 is 2.93 bits per heavy atom. The van der Waals surface area contributed by atoms with Gasteiger partial charge in [-0.05, 0) is 31.0 Å². The Kier molecular flexibility index (Phi) is 5.96. The van der Waals surface area contributed by atoms with Gasteiger partial charge in [0.25, 0.3) is 0 Å². The van der Waals surface area contributed by atoms with Crippen LogP contribution in [-0.2, 0) is 6.54 Å². The van der Waals surface area contributed by atoms with E-state index >= 15 is 0 Å². The van der Waals surface area contributed by atoms with Crippen molar-refractivity contribution in [3.8, 4) is 0 Å². The van der Waals surface area contributed by atoms with Crippen LogP contribution in [0, 0.1) is 6.92 Å². The average molecular weight is 269 g/mol. The maximum atomic E-state index is 4.09. The monoisotopic (exact) mass is 268 g/mol. The fourth-order valence-corrected chi connectivity index (χ4v) is 1.91. The van der Waals surface area contributed by atoms with E-state index in [1.54, 1.807) is 0 Å². The number of nitrogens with one attached hydrogen (secondary N) is 1. The van der Waals surface area contributed by atoms with Crippen LogP contribution in [-0.4, -0.2) is 6.04 Å².